The molecule has 0 spiro atoms. The maximum atomic E-state index is 5.45. The molecule has 5 aliphatic rings. The van der Waals surface area contributed by atoms with Gasteiger partial charge in [0, 0.05) is 47.5 Å². The van der Waals surface area contributed by atoms with Crippen LogP contribution in [-0.2, 0) is 6.42 Å². The molecular formula is C31H36N4. The van der Waals surface area contributed by atoms with E-state index in [9.17, 15) is 0 Å². The van der Waals surface area contributed by atoms with E-state index in [1.165, 1.54) is 59.1 Å². The number of para-hydroxylation sites is 1. The van der Waals surface area contributed by atoms with Gasteiger partial charge in [0.2, 0.25) is 0 Å². The number of nitrogens with zero attached hydrogens (tertiary/aromatic N) is 2. The fraction of sp³-hybridized carbons (Fsp3) is 0.484. The number of rotatable bonds is 5. The summed E-state index contributed by atoms with van der Waals surface area (Å²) in [5.41, 5.74) is 6.87. The second-order valence-electron chi connectivity index (χ2n) is 11.6. The zero-order valence-electron chi connectivity index (χ0n) is 20.7. The number of anilines is 1. The van der Waals surface area contributed by atoms with Crippen LogP contribution in [0.4, 0.5) is 5.69 Å². The Morgan fingerprint density at radius 3 is 2.60 bits per heavy atom. The lowest BCUT2D eigenvalue weighted by Crippen LogP contribution is -2.56. The van der Waals surface area contributed by atoms with Crippen LogP contribution in [-0.4, -0.2) is 52.5 Å². The number of hydrogen-bond donors (Lipinski definition) is 2. The number of fused-ring (bicyclic) bond motifs is 5. The first-order chi connectivity index (χ1) is 17.2. The van der Waals surface area contributed by atoms with Gasteiger partial charge in [-0.15, -0.1) is 6.42 Å². The average Bonchev–Trinajstić information content (AvgIpc) is 3.20. The summed E-state index contributed by atoms with van der Waals surface area (Å²) in [7, 11) is 0. The highest BCUT2D eigenvalue weighted by molar-refractivity contribution is 5.85. The molecular weight excluding hydrogens is 428 g/mol. The maximum absolute atomic E-state index is 5.45. The average molecular weight is 465 g/mol. The fourth-order valence-corrected chi connectivity index (χ4v) is 7.62. The van der Waals surface area contributed by atoms with Crippen LogP contribution in [0.2, 0.25) is 0 Å². The molecule has 2 aromatic carbocycles. The molecule has 0 amide bonds. The number of nitrogens with one attached hydrogen (secondary N) is 2. The van der Waals surface area contributed by atoms with Gasteiger partial charge in [-0.2, -0.15) is 0 Å². The lowest BCUT2D eigenvalue weighted by molar-refractivity contribution is -0.0356. The van der Waals surface area contributed by atoms with E-state index in [4.69, 9.17) is 6.42 Å². The van der Waals surface area contributed by atoms with Crippen molar-refractivity contribution in [2.45, 2.75) is 63.2 Å². The largest absolute Gasteiger partial charge is 0.380 e. The van der Waals surface area contributed by atoms with Gasteiger partial charge in [0.25, 0.3) is 0 Å². The van der Waals surface area contributed by atoms with Gasteiger partial charge in [0.15, 0.2) is 0 Å². The van der Waals surface area contributed by atoms with Crippen LogP contribution >= 0.6 is 0 Å². The summed E-state index contributed by atoms with van der Waals surface area (Å²) in [5.74, 6) is 4.64. The van der Waals surface area contributed by atoms with E-state index < -0.39 is 0 Å². The van der Waals surface area contributed by atoms with Crippen LogP contribution < -0.4 is 5.32 Å². The molecule has 1 saturated heterocycles. The van der Waals surface area contributed by atoms with Crippen molar-refractivity contribution < 1.29 is 0 Å². The van der Waals surface area contributed by atoms with Crippen LogP contribution in [0.25, 0.3) is 10.9 Å². The third kappa shape index (κ3) is 3.60. The number of terminal acetylenes is 1. The van der Waals surface area contributed by atoms with Crippen molar-refractivity contribution in [3.63, 3.8) is 0 Å². The van der Waals surface area contributed by atoms with Crippen LogP contribution in [0.1, 0.15) is 55.5 Å². The predicted molar refractivity (Wildman–Crippen MR) is 144 cm³/mol. The van der Waals surface area contributed by atoms with Crippen molar-refractivity contribution >= 4 is 16.6 Å². The topological polar surface area (TPSA) is 34.3 Å². The number of likely N-dealkylation sites (tertiary alicyclic amines) is 1. The molecule has 4 fully saturated rings. The minimum Gasteiger partial charge on any atom is -0.380 e. The first-order valence-corrected chi connectivity index (χ1v) is 13.6. The number of aromatic nitrogens is 1. The molecule has 3 aromatic rings. The summed E-state index contributed by atoms with van der Waals surface area (Å²) in [6.07, 6.45) is 12.3. The first-order valence-electron chi connectivity index (χ1n) is 13.6. The SMILES string of the molecule is C#CCN1CC(Nc2ccc([C@@H]3c4[nH]c5ccccc5c4C[C@@H](C)N3[C@@H]3CCC4CC3C4)cc2)C1. The zero-order chi connectivity index (χ0) is 23.5. The molecule has 8 rings (SSSR count). The van der Waals surface area contributed by atoms with Gasteiger partial charge in [-0.05, 0) is 80.2 Å². The molecule has 4 heteroatoms. The number of aromatic amines is 1. The molecule has 2 N–H and O–H groups in total. The first kappa shape index (κ1) is 21.5. The fourth-order valence-electron chi connectivity index (χ4n) is 7.62. The standard InChI is InChI=1S/C31H36N4/c1-3-14-34-18-25(19-34)32-24-11-9-22(10-12-24)31-30-27(26-6-4-5-7-28(26)33-30)15-20(2)35(31)29-13-8-21-16-23(29)17-21/h1,4-7,9-12,20-21,23,25,29,31-33H,8,13-19H2,2H3/t20-,21?,23?,29-,31-/m1/s1. The van der Waals surface area contributed by atoms with Gasteiger partial charge in [0.1, 0.15) is 0 Å². The van der Waals surface area contributed by atoms with Crippen molar-refractivity contribution in [3.05, 3.63) is 65.4 Å². The molecule has 0 radical (unpaired) electrons. The molecule has 2 bridgehead atoms. The summed E-state index contributed by atoms with van der Waals surface area (Å²) in [5, 5.41) is 5.11. The highest BCUT2D eigenvalue weighted by Gasteiger charge is 2.48. The highest BCUT2D eigenvalue weighted by atomic mass is 15.2. The minimum atomic E-state index is 0.298. The van der Waals surface area contributed by atoms with E-state index in [0.717, 1.165) is 37.9 Å². The molecule has 35 heavy (non-hydrogen) atoms. The monoisotopic (exact) mass is 464 g/mol. The van der Waals surface area contributed by atoms with Gasteiger partial charge in [-0.1, -0.05) is 36.3 Å². The van der Waals surface area contributed by atoms with Crippen molar-refractivity contribution in [2.75, 3.05) is 25.0 Å². The molecule has 1 aromatic heterocycles. The van der Waals surface area contributed by atoms with Crippen molar-refractivity contribution in [2.24, 2.45) is 11.8 Å². The molecule has 3 atom stereocenters. The van der Waals surface area contributed by atoms with E-state index in [0.29, 0.717) is 24.2 Å². The van der Waals surface area contributed by atoms with Crippen molar-refractivity contribution in [3.8, 4) is 12.3 Å². The van der Waals surface area contributed by atoms with Crippen LogP contribution in [0.5, 0.6) is 0 Å². The third-order valence-corrected chi connectivity index (χ3v) is 9.37. The van der Waals surface area contributed by atoms with E-state index in [1.807, 2.05) is 0 Å². The predicted octanol–water partition coefficient (Wildman–Crippen LogP) is 5.42. The number of benzene rings is 2. The van der Waals surface area contributed by atoms with Crippen LogP contribution in [0, 0.1) is 24.2 Å². The maximum Gasteiger partial charge on any atom is 0.0762 e. The third-order valence-electron chi connectivity index (χ3n) is 9.37. The van der Waals surface area contributed by atoms with Gasteiger partial charge in [-0.3, -0.25) is 9.80 Å². The molecule has 180 valence electrons. The second-order valence-corrected chi connectivity index (χ2v) is 11.6. The number of hydrogen-bond acceptors (Lipinski definition) is 3. The van der Waals surface area contributed by atoms with Gasteiger partial charge in [-0.25, -0.2) is 0 Å². The lowest BCUT2D eigenvalue weighted by Gasteiger charge is -2.55. The van der Waals surface area contributed by atoms with E-state index in [2.05, 4.69) is 81.5 Å². The van der Waals surface area contributed by atoms with Gasteiger partial charge >= 0.3 is 0 Å². The second kappa shape index (κ2) is 8.43. The van der Waals surface area contributed by atoms with Gasteiger partial charge < -0.3 is 10.3 Å². The smallest absolute Gasteiger partial charge is 0.0762 e. The zero-order valence-corrected chi connectivity index (χ0v) is 20.7. The molecule has 2 aliphatic heterocycles. The summed E-state index contributed by atoms with van der Waals surface area (Å²) in [4.78, 5) is 9.10. The summed E-state index contributed by atoms with van der Waals surface area (Å²) in [6, 6.07) is 20.3. The van der Waals surface area contributed by atoms with Crippen molar-refractivity contribution in [1.82, 2.24) is 14.8 Å². The molecule has 3 aliphatic carbocycles. The van der Waals surface area contributed by atoms with E-state index in [1.54, 1.807) is 0 Å². The Bertz CT molecular complexity index is 1250. The quantitative estimate of drug-likeness (QED) is 0.495. The molecule has 4 nitrogen and oxygen atoms in total. The minimum absolute atomic E-state index is 0.298. The Morgan fingerprint density at radius 2 is 1.86 bits per heavy atom. The molecule has 3 saturated carbocycles. The number of H-pyrrole nitrogens is 1. The Balaban J connectivity index is 1.22. The van der Waals surface area contributed by atoms with Crippen LogP contribution in [0.15, 0.2) is 48.5 Å². The normalized spacial score (nSPS) is 30.8. The van der Waals surface area contributed by atoms with Crippen molar-refractivity contribution in [1.29, 1.82) is 0 Å². The molecule has 0 unspecified atom stereocenters. The van der Waals surface area contributed by atoms with E-state index in [-0.39, 0.29) is 0 Å². The summed E-state index contributed by atoms with van der Waals surface area (Å²) >= 11 is 0. The Kier molecular flexibility index (Phi) is 5.19. The van der Waals surface area contributed by atoms with E-state index >= 15 is 0 Å². The Labute approximate surface area is 209 Å². The summed E-state index contributed by atoms with van der Waals surface area (Å²) < 4.78 is 0. The Morgan fingerprint density at radius 1 is 1.06 bits per heavy atom. The summed E-state index contributed by atoms with van der Waals surface area (Å²) in [6.45, 7) is 5.28. The highest BCUT2D eigenvalue weighted by Crippen LogP contribution is 2.52. The van der Waals surface area contributed by atoms with Gasteiger partial charge in [0.05, 0.1) is 18.6 Å². The lowest BCUT2D eigenvalue weighted by atomic mass is 9.61. The van der Waals surface area contributed by atoms with Crippen LogP contribution in [0.3, 0.4) is 0 Å². The Hall–Kier alpha value is -2.74. The molecule has 3 heterocycles.